The number of amides is 2. The van der Waals surface area contributed by atoms with E-state index in [-0.39, 0.29) is 17.6 Å². The Morgan fingerprint density at radius 3 is 2.50 bits per heavy atom. The van der Waals surface area contributed by atoms with Crippen LogP contribution in [0.25, 0.3) is 0 Å². The third kappa shape index (κ3) is 3.45. The van der Waals surface area contributed by atoms with Gasteiger partial charge in [0.25, 0.3) is 0 Å². The maximum atomic E-state index is 12.9. The molecule has 1 N–H and O–H groups in total. The average molecular weight is 326 g/mol. The van der Waals surface area contributed by atoms with Crippen molar-refractivity contribution >= 4 is 17.5 Å². The minimum absolute atomic E-state index is 0.0409. The third-order valence-electron chi connectivity index (χ3n) is 4.21. The van der Waals surface area contributed by atoms with E-state index in [1.54, 1.807) is 17.0 Å². The maximum Gasteiger partial charge on any atom is 0.243 e. The van der Waals surface area contributed by atoms with Crippen molar-refractivity contribution in [2.45, 2.75) is 32.4 Å². The van der Waals surface area contributed by atoms with Gasteiger partial charge >= 0.3 is 0 Å². The molecule has 0 radical (unpaired) electrons. The summed E-state index contributed by atoms with van der Waals surface area (Å²) in [5.41, 5.74) is 2.66. The highest BCUT2D eigenvalue weighted by atomic mass is 19.1. The lowest BCUT2D eigenvalue weighted by atomic mass is 10.1. The number of hydrogen-bond donors (Lipinski definition) is 1. The number of halogens is 1. The van der Waals surface area contributed by atoms with Crippen LogP contribution in [0, 0.1) is 12.7 Å². The fraction of sp³-hybridized carbons (Fsp3) is 0.263. The van der Waals surface area contributed by atoms with Crippen molar-refractivity contribution in [3.63, 3.8) is 0 Å². The Labute approximate surface area is 140 Å². The second-order valence-electron chi connectivity index (χ2n) is 6.00. The van der Waals surface area contributed by atoms with Crippen LogP contribution >= 0.6 is 0 Å². The first-order valence-corrected chi connectivity index (χ1v) is 7.95. The summed E-state index contributed by atoms with van der Waals surface area (Å²) in [4.78, 5) is 26.3. The van der Waals surface area contributed by atoms with Crippen LogP contribution in [0.1, 0.15) is 24.0 Å². The molecule has 1 atom stereocenters. The van der Waals surface area contributed by atoms with Gasteiger partial charge in [0.05, 0.1) is 0 Å². The standard InChI is InChI=1S/C19H19FN2O2/c1-13-2-8-16(9-3-13)22-17(10-11-18(22)23)19(24)21-12-14-4-6-15(20)7-5-14/h2-9,17H,10-12H2,1H3,(H,21,24). The fourth-order valence-electron chi connectivity index (χ4n) is 2.87. The van der Waals surface area contributed by atoms with Gasteiger partial charge in [-0.15, -0.1) is 0 Å². The Hall–Kier alpha value is -2.69. The second-order valence-corrected chi connectivity index (χ2v) is 6.00. The molecule has 1 saturated heterocycles. The first-order valence-electron chi connectivity index (χ1n) is 7.95. The van der Waals surface area contributed by atoms with Gasteiger partial charge in [-0.05, 0) is 43.2 Å². The molecule has 3 rings (SSSR count). The van der Waals surface area contributed by atoms with E-state index in [4.69, 9.17) is 0 Å². The largest absolute Gasteiger partial charge is 0.350 e. The molecule has 0 aliphatic carbocycles. The molecule has 4 nitrogen and oxygen atoms in total. The first-order chi connectivity index (χ1) is 11.5. The Bertz CT molecular complexity index is 741. The highest BCUT2D eigenvalue weighted by Gasteiger charge is 2.36. The van der Waals surface area contributed by atoms with Crippen LogP contribution in [0.15, 0.2) is 48.5 Å². The summed E-state index contributed by atoms with van der Waals surface area (Å²) in [6.07, 6.45) is 0.866. The molecule has 1 fully saturated rings. The molecule has 5 heteroatoms. The zero-order valence-corrected chi connectivity index (χ0v) is 13.5. The van der Waals surface area contributed by atoms with E-state index in [0.29, 0.717) is 19.4 Å². The van der Waals surface area contributed by atoms with Gasteiger partial charge in [-0.3, -0.25) is 14.5 Å². The Kier molecular flexibility index (Phi) is 4.60. The van der Waals surface area contributed by atoms with Crippen LogP contribution in [-0.4, -0.2) is 17.9 Å². The summed E-state index contributed by atoms with van der Waals surface area (Å²) < 4.78 is 12.9. The number of rotatable bonds is 4. The van der Waals surface area contributed by atoms with Crippen molar-refractivity contribution in [1.82, 2.24) is 5.32 Å². The number of nitrogens with zero attached hydrogens (tertiary/aromatic N) is 1. The van der Waals surface area contributed by atoms with Crippen molar-refractivity contribution in [1.29, 1.82) is 0 Å². The molecule has 2 aromatic rings. The predicted octanol–water partition coefficient (Wildman–Crippen LogP) is 2.95. The van der Waals surface area contributed by atoms with Gasteiger partial charge in [-0.2, -0.15) is 0 Å². The van der Waals surface area contributed by atoms with Crippen molar-refractivity contribution in [3.8, 4) is 0 Å². The van der Waals surface area contributed by atoms with Crippen LogP contribution in [-0.2, 0) is 16.1 Å². The summed E-state index contributed by atoms with van der Waals surface area (Å²) in [6.45, 7) is 2.29. The zero-order valence-electron chi connectivity index (χ0n) is 13.5. The lowest BCUT2D eigenvalue weighted by molar-refractivity contribution is -0.124. The highest BCUT2D eigenvalue weighted by molar-refractivity contribution is 6.03. The molecule has 1 aliphatic heterocycles. The SMILES string of the molecule is Cc1ccc(N2C(=O)CCC2C(=O)NCc2ccc(F)cc2)cc1. The minimum Gasteiger partial charge on any atom is -0.350 e. The van der Waals surface area contributed by atoms with Crippen LogP contribution in [0.3, 0.4) is 0 Å². The monoisotopic (exact) mass is 326 g/mol. The van der Waals surface area contributed by atoms with Gasteiger partial charge in [0.1, 0.15) is 11.9 Å². The third-order valence-corrected chi connectivity index (χ3v) is 4.21. The minimum atomic E-state index is -0.499. The number of aryl methyl sites for hydroxylation is 1. The molecule has 2 amide bonds. The molecule has 0 spiro atoms. The number of nitrogens with one attached hydrogen (secondary N) is 1. The van der Waals surface area contributed by atoms with Crippen molar-refractivity contribution < 1.29 is 14.0 Å². The van der Waals surface area contributed by atoms with Gasteiger partial charge in [-0.25, -0.2) is 4.39 Å². The number of hydrogen-bond acceptors (Lipinski definition) is 2. The van der Waals surface area contributed by atoms with Crippen LogP contribution < -0.4 is 10.2 Å². The van der Waals surface area contributed by atoms with Crippen LogP contribution in [0.4, 0.5) is 10.1 Å². The topological polar surface area (TPSA) is 49.4 Å². The number of anilines is 1. The molecular weight excluding hydrogens is 307 g/mol. The summed E-state index contributed by atoms with van der Waals surface area (Å²) in [7, 11) is 0. The average Bonchev–Trinajstić information content (AvgIpc) is 2.96. The molecule has 0 bridgehead atoms. The van der Waals surface area contributed by atoms with E-state index >= 15 is 0 Å². The van der Waals surface area contributed by atoms with Crippen LogP contribution in [0.5, 0.6) is 0 Å². The van der Waals surface area contributed by atoms with Gasteiger partial charge in [0, 0.05) is 18.7 Å². The Morgan fingerprint density at radius 2 is 1.83 bits per heavy atom. The molecular formula is C19H19FN2O2. The fourth-order valence-corrected chi connectivity index (χ4v) is 2.87. The lowest BCUT2D eigenvalue weighted by Crippen LogP contribution is -2.44. The summed E-state index contributed by atoms with van der Waals surface area (Å²) in [6, 6.07) is 13.1. The molecule has 24 heavy (non-hydrogen) atoms. The quantitative estimate of drug-likeness (QED) is 0.939. The predicted molar refractivity (Wildman–Crippen MR) is 89.9 cm³/mol. The van der Waals surface area contributed by atoms with E-state index in [0.717, 1.165) is 16.8 Å². The molecule has 124 valence electrons. The Balaban J connectivity index is 1.69. The van der Waals surface area contributed by atoms with Crippen molar-refractivity contribution in [3.05, 3.63) is 65.5 Å². The van der Waals surface area contributed by atoms with Gasteiger partial charge < -0.3 is 5.32 Å². The van der Waals surface area contributed by atoms with Crippen molar-refractivity contribution in [2.24, 2.45) is 0 Å². The summed E-state index contributed by atoms with van der Waals surface area (Å²) >= 11 is 0. The molecule has 1 unspecified atom stereocenters. The Morgan fingerprint density at radius 1 is 1.17 bits per heavy atom. The normalized spacial score (nSPS) is 17.2. The van der Waals surface area contributed by atoms with Crippen LogP contribution in [0.2, 0.25) is 0 Å². The van der Waals surface area contributed by atoms with E-state index in [1.165, 1.54) is 12.1 Å². The zero-order chi connectivity index (χ0) is 17.1. The maximum absolute atomic E-state index is 12.9. The first kappa shape index (κ1) is 16.2. The summed E-state index contributed by atoms with van der Waals surface area (Å²) in [5.74, 6) is -0.538. The number of carbonyl (C=O) groups is 2. The summed E-state index contributed by atoms with van der Waals surface area (Å²) in [5, 5.41) is 2.84. The van der Waals surface area contributed by atoms with Crippen molar-refractivity contribution in [2.75, 3.05) is 4.90 Å². The molecule has 1 heterocycles. The van der Waals surface area contributed by atoms with Gasteiger partial charge in [0.15, 0.2) is 0 Å². The highest BCUT2D eigenvalue weighted by Crippen LogP contribution is 2.27. The van der Waals surface area contributed by atoms with E-state index in [9.17, 15) is 14.0 Å². The smallest absolute Gasteiger partial charge is 0.243 e. The van der Waals surface area contributed by atoms with E-state index < -0.39 is 6.04 Å². The van der Waals surface area contributed by atoms with E-state index in [2.05, 4.69) is 5.32 Å². The van der Waals surface area contributed by atoms with E-state index in [1.807, 2.05) is 31.2 Å². The number of benzene rings is 2. The molecule has 0 saturated carbocycles. The van der Waals surface area contributed by atoms with Gasteiger partial charge in [-0.1, -0.05) is 29.8 Å². The molecule has 1 aliphatic rings. The second kappa shape index (κ2) is 6.83. The van der Waals surface area contributed by atoms with Gasteiger partial charge in [0.2, 0.25) is 11.8 Å². The number of carbonyl (C=O) groups excluding carboxylic acids is 2. The lowest BCUT2D eigenvalue weighted by Gasteiger charge is -2.24. The molecule has 2 aromatic carbocycles. The molecule has 0 aromatic heterocycles.